The van der Waals surface area contributed by atoms with Crippen LogP contribution in [0.25, 0.3) is 82.6 Å². The Balaban J connectivity index is 0.00000553. The number of anilines is 4. The van der Waals surface area contributed by atoms with E-state index in [0.717, 1.165) is 83.8 Å². The summed E-state index contributed by atoms with van der Waals surface area (Å²) >= 11 is 0. The molecular weight excluding hydrogens is 1110 g/mol. The zero-order chi connectivity index (χ0) is 50.7. The van der Waals surface area contributed by atoms with Crippen molar-refractivity contribution in [3.8, 4) is 28.7 Å². The molecule has 0 fully saturated rings. The van der Waals surface area contributed by atoms with Crippen LogP contribution in [0.15, 0.2) is 201 Å². The Hall–Kier alpha value is -8.45. The first-order valence-electron chi connectivity index (χ1n) is 25.6. The van der Waals surface area contributed by atoms with Gasteiger partial charge in [-0.05, 0) is 88.0 Å². The molecule has 0 spiro atoms. The molecule has 0 unspecified atom stereocenters. The first-order chi connectivity index (χ1) is 36.5. The maximum atomic E-state index is 6.78. The van der Waals surface area contributed by atoms with Gasteiger partial charge >= 0.3 is 0 Å². The van der Waals surface area contributed by atoms with Crippen molar-refractivity contribution < 1.29 is 25.8 Å². The molecule has 8 nitrogen and oxygen atoms in total. The average Bonchev–Trinajstić information content (AvgIpc) is 4.26. The summed E-state index contributed by atoms with van der Waals surface area (Å²) in [7, 11) is 0. The Bertz CT molecular complexity index is 4190. The van der Waals surface area contributed by atoms with Gasteiger partial charge in [-0.2, -0.15) is 12.1 Å². The molecule has 0 saturated carbocycles. The first-order valence-corrected chi connectivity index (χ1v) is 25.6. The molecule has 0 atom stereocenters. The first kappa shape index (κ1) is 47.3. The molecule has 9 heteroatoms. The van der Waals surface area contributed by atoms with Gasteiger partial charge < -0.3 is 28.2 Å². The van der Waals surface area contributed by atoms with E-state index in [4.69, 9.17) is 14.7 Å². The summed E-state index contributed by atoms with van der Waals surface area (Å²) in [5, 5.41) is 7.00. The molecule has 0 saturated heterocycles. The molecule has 374 valence electrons. The van der Waals surface area contributed by atoms with Crippen LogP contribution in [0, 0.1) is 18.8 Å². The smallest absolute Gasteiger partial charge is 0.135 e. The molecule has 0 aliphatic carbocycles. The van der Waals surface area contributed by atoms with Crippen LogP contribution in [0.4, 0.5) is 22.7 Å². The number of hydrogen-bond acceptors (Lipinski definition) is 5. The molecule has 0 N–H and O–H groups in total. The number of para-hydroxylation sites is 5. The van der Waals surface area contributed by atoms with Gasteiger partial charge in [0.1, 0.15) is 5.82 Å². The standard InChI is InChI=1S/C67H52N7O.Pt/c1-66(2,3)43-32-35-69-64(38-43)74-58-29-16-11-24-52(58)53-31-30-47(40-60(53)74)75-46-19-17-18-45(39-46)70-42-71(63-41-68-34-33-59(63)70)65-61(72-54-25-12-7-20-48(54)49-21-8-13-26-55(49)72)36-44(67(4,5)6)37-62(65)73-56-27-14-9-22-50(56)51-23-10-15-28-57(51)73;/h7-38,41-42H,1-6H3;/q-3;. The van der Waals surface area contributed by atoms with Gasteiger partial charge in [0, 0.05) is 77.7 Å². The summed E-state index contributed by atoms with van der Waals surface area (Å²) in [4.78, 5) is 14.2. The summed E-state index contributed by atoms with van der Waals surface area (Å²) in [5.74, 6) is 1.98. The quantitative estimate of drug-likeness (QED) is 0.149. The molecule has 0 bridgehead atoms. The number of fused-ring (bicyclic) bond motifs is 10. The number of hydrogen-bond donors (Lipinski definition) is 0. The van der Waals surface area contributed by atoms with E-state index in [0.29, 0.717) is 11.5 Å². The largest absolute Gasteiger partial charge is 0.509 e. The Morgan fingerprint density at radius 2 is 0.947 bits per heavy atom. The molecule has 5 aromatic heterocycles. The molecule has 0 amide bonds. The Kier molecular flexibility index (Phi) is 11.1. The summed E-state index contributed by atoms with van der Waals surface area (Å²) in [6.07, 6.45) is 5.74. The summed E-state index contributed by atoms with van der Waals surface area (Å²) < 4.78 is 13.9. The predicted octanol–water partition coefficient (Wildman–Crippen LogP) is 17.2. The molecule has 0 radical (unpaired) electrons. The number of aromatic nitrogens is 5. The summed E-state index contributed by atoms with van der Waals surface area (Å²) in [5.41, 5.74) is 14.4. The molecule has 1 aliphatic heterocycles. The third-order valence-corrected chi connectivity index (χ3v) is 15.0. The van der Waals surface area contributed by atoms with Crippen LogP contribution >= 0.6 is 0 Å². The molecule has 14 rings (SSSR count). The van der Waals surface area contributed by atoms with Crippen LogP contribution in [-0.4, -0.2) is 23.7 Å². The van der Waals surface area contributed by atoms with Crippen LogP contribution in [0.5, 0.6) is 11.5 Å². The zero-order valence-corrected chi connectivity index (χ0v) is 45.3. The van der Waals surface area contributed by atoms with Gasteiger partial charge in [0.05, 0.1) is 51.0 Å². The normalized spacial score (nSPS) is 12.9. The molecule has 76 heavy (non-hydrogen) atoms. The fourth-order valence-corrected chi connectivity index (χ4v) is 11.3. The topological polar surface area (TPSA) is 56.3 Å². The minimum absolute atomic E-state index is 0. The Morgan fingerprint density at radius 1 is 0.434 bits per heavy atom. The maximum Gasteiger partial charge on any atom is 0.135 e. The monoisotopic (exact) mass is 1170 g/mol. The number of rotatable bonds is 7. The molecule has 1 aliphatic rings. The van der Waals surface area contributed by atoms with Gasteiger partial charge in [0.15, 0.2) is 0 Å². The van der Waals surface area contributed by atoms with Crippen molar-refractivity contribution in [3.05, 3.63) is 231 Å². The molecular formula is C67H52N7OPt-3. The van der Waals surface area contributed by atoms with Crippen molar-refractivity contribution in [1.82, 2.24) is 23.7 Å². The average molecular weight is 1170 g/mol. The van der Waals surface area contributed by atoms with E-state index >= 15 is 0 Å². The molecule has 8 aromatic carbocycles. The second kappa shape index (κ2) is 17.9. The van der Waals surface area contributed by atoms with Crippen molar-refractivity contribution in [2.24, 2.45) is 0 Å². The number of benzene rings is 8. The van der Waals surface area contributed by atoms with Crippen LogP contribution < -0.4 is 14.5 Å². The Morgan fingerprint density at radius 3 is 1.50 bits per heavy atom. The fraction of sp³-hybridized carbons (Fsp3) is 0.119. The van der Waals surface area contributed by atoms with E-state index in [2.05, 4.69) is 248 Å². The number of pyridine rings is 2. The Labute approximate surface area is 456 Å². The van der Waals surface area contributed by atoms with E-state index in [1.54, 1.807) is 0 Å². The van der Waals surface area contributed by atoms with Gasteiger partial charge in [0.2, 0.25) is 0 Å². The van der Waals surface area contributed by atoms with E-state index in [9.17, 15) is 0 Å². The molecule has 13 aromatic rings. The zero-order valence-electron chi connectivity index (χ0n) is 43.0. The predicted molar refractivity (Wildman–Crippen MR) is 308 cm³/mol. The van der Waals surface area contributed by atoms with Gasteiger partial charge in [-0.15, -0.1) is 48.1 Å². The van der Waals surface area contributed by atoms with E-state index in [-0.39, 0.29) is 31.9 Å². The third kappa shape index (κ3) is 7.52. The van der Waals surface area contributed by atoms with Gasteiger partial charge in [-0.3, -0.25) is 4.98 Å². The minimum atomic E-state index is -0.206. The minimum Gasteiger partial charge on any atom is -0.509 e. The second-order valence-corrected chi connectivity index (χ2v) is 21.7. The summed E-state index contributed by atoms with van der Waals surface area (Å²) in [6.45, 7) is 15.8. The molecule has 6 heterocycles. The van der Waals surface area contributed by atoms with Crippen molar-refractivity contribution in [3.63, 3.8) is 0 Å². The second-order valence-electron chi connectivity index (χ2n) is 21.7. The van der Waals surface area contributed by atoms with Crippen LogP contribution in [0.1, 0.15) is 52.7 Å². The van der Waals surface area contributed by atoms with Crippen molar-refractivity contribution >= 4 is 88.2 Å². The van der Waals surface area contributed by atoms with Gasteiger partial charge in [0.25, 0.3) is 0 Å². The number of ether oxygens (including phenoxy) is 1. The third-order valence-electron chi connectivity index (χ3n) is 15.0. The van der Waals surface area contributed by atoms with E-state index in [1.165, 1.54) is 32.7 Å². The van der Waals surface area contributed by atoms with Crippen molar-refractivity contribution in [2.45, 2.75) is 52.4 Å². The summed E-state index contributed by atoms with van der Waals surface area (Å²) in [6, 6.07) is 72.2. The van der Waals surface area contributed by atoms with E-state index in [1.807, 2.05) is 36.8 Å². The van der Waals surface area contributed by atoms with Crippen LogP contribution in [-0.2, 0) is 31.9 Å². The van der Waals surface area contributed by atoms with Crippen LogP contribution in [0.3, 0.4) is 0 Å². The van der Waals surface area contributed by atoms with Gasteiger partial charge in [-0.25, -0.2) is 4.98 Å². The van der Waals surface area contributed by atoms with Crippen molar-refractivity contribution in [2.75, 3.05) is 9.80 Å². The fourth-order valence-electron chi connectivity index (χ4n) is 11.3. The maximum absolute atomic E-state index is 6.78. The van der Waals surface area contributed by atoms with Gasteiger partial charge in [-0.1, -0.05) is 138 Å². The van der Waals surface area contributed by atoms with Crippen LogP contribution in [0.2, 0.25) is 0 Å². The van der Waals surface area contributed by atoms with E-state index < -0.39 is 0 Å². The number of nitrogens with zero attached hydrogens (tertiary/aromatic N) is 7. The van der Waals surface area contributed by atoms with Crippen molar-refractivity contribution in [1.29, 1.82) is 0 Å². The SMILES string of the molecule is CC(C)(C)c1ccnc(-n2c3[c-]c(Oc4[c-]c(N5[CH-]N(c6c(-n7c8ccccc8c8ccccc87)cc(C(C)(C)C)cc6-n6c7ccccc7c7ccccc76)c6cnccc65)ccc4)ccc3c3ccccc32)c1.[Pt].